The molecular formula is C17H21N3O4. The summed E-state index contributed by atoms with van der Waals surface area (Å²) in [5, 5.41) is 5.90. The molecule has 0 saturated heterocycles. The van der Waals surface area contributed by atoms with Crippen LogP contribution >= 0.6 is 0 Å². The second-order valence-electron chi connectivity index (χ2n) is 4.88. The Morgan fingerprint density at radius 2 is 1.88 bits per heavy atom. The predicted molar refractivity (Wildman–Crippen MR) is 92.1 cm³/mol. The average molecular weight is 331 g/mol. The number of benzene rings is 1. The fourth-order valence-corrected chi connectivity index (χ4v) is 2.03. The van der Waals surface area contributed by atoms with Crippen LogP contribution in [0.5, 0.6) is 11.5 Å². The molecule has 7 heteroatoms. The number of hydrogen-bond donors (Lipinski definition) is 2. The first-order valence-corrected chi connectivity index (χ1v) is 7.40. The number of rotatable bonds is 8. The Morgan fingerprint density at radius 3 is 2.50 bits per heavy atom. The normalized spacial score (nSPS) is 10.1. The van der Waals surface area contributed by atoms with Crippen molar-refractivity contribution in [2.45, 2.75) is 0 Å². The van der Waals surface area contributed by atoms with E-state index in [0.717, 1.165) is 5.82 Å². The summed E-state index contributed by atoms with van der Waals surface area (Å²) in [6.07, 6.45) is 1.59. The van der Waals surface area contributed by atoms with Gasteiger partial charge in [0.05, 0.1) is 32.7 Å². The topological polar surface area (TPSA) is 81.7 Å². The number of aromatic nitrogens is 1. The van der Waals surface area contributed by atoms with Gasteiger partial charge in [-0.05, 0) is 30.3 Å². The van der Waals surface area contributed by atoms with E-state index < -0.39 is 0 Å². The molecule has 24 heavy (non-hydrogen) atoms. The van der Waals surface area contributed by atoms with E-state index in [9.17, 15) is 4.79 Å². The third-order valence-electron chi connectivity index (χ3n) is 3.28. The Morgan fingerprint density at radius 1 is 1.08 bits per heavy atom. The lowest BCUT2D eigenvalue weighted by atomic mass is 10.2. The number of anilines is 2. The van der Waals surface area contributed by atoms with Gasteiger partial charge < -0.3 is 24.8 Å². The van der Waals surface area contributed by atoms with Crippen molar-refractivity contribution in [1.82, 2.24) is 4.98 Å². The Hall–Kier alpha value is -2.80. The minimum absolute atomic E-state index is 0.252. The van der Waals surface area contributed by atoms with Crippen molar-refractivity contribution in [2.24, 2.45) is 0 Å². The molecule has 0 aliphatic heterocycles. The SMILES string of the molecule is COCCNc1ccc(NC(=O)c2ccc(OC)c(OC)c2)cn1. The van der Waals surface area contributed by atoms with E-state index in [1.807, 2.05) is 0 Å². The Bertz CT molecular complexity index is 674. The summed E-state index contributed by atoms with van der Waals surface area (Å²) in [6, 6.07) is 8.56. The van der Waals surface area contributed by atoms with Crippen molar-refractivity contribution in [3.8, 4) is 11.5 Å². The highest BCUT2D eigenvalue weighted by Crippen LogP contribution is 2.27. The van der Waals surface area contributed by atoms with E-state index in [1.54, 1.807) is 50.7 Å². The maximum Gasteiger partial charge on any atom is 0.255 e. The van der Waals surface area contributed by atoms with Crippen molar-refractivity contribution in [3.05, 3.63) is 42.1 Å². The van der Waals surface area contributed by atoms with Crippen LogP contribution in [0.1, 0.15) is 10.4 Å². The van der Waals surface area contributed by atoms with Crippen molar-refractivity contribution in [2.75, 3.05) is 45.1 Å². The fourth-order valence-electron chi connectivity index (χ4n) is 2.03. The Labute approximate surface area is 140 Å². The molecule has 2 N–H and O–H groups in total. The zero-order valence-corrected chi connectivity index (χ0v) is 14.0. The largest absolute Gasteiger partial charge is 0.493 e. The first-order valence-electron chi connectivity index (χ1n) is 7.40. The maximum atomic E-state index is 12.3. The van der Waals surface area contributed by atoms with Crippen LogP contribution in [0.3, 0.4) is 0 Å². The number of carbonyl (C=O) groups excluding carboxylic acids is 1. The van der Waals surface area contributed by atoms with Gasteiger partial charge in [-0.15, -0.1) is 0 Å². The molecule has 2 aromatic rings. The third kappa shape index (κ3) is 4.60. The predicted octanol–water partition coefficient (Wildman–Crippen LogP) is 2.41. The van der Waals surface area contributed by atoms with Gasteiger partial charge in [0.2, 0.25) is 0 Å². The molecule has 0 bridgehead atoms. The molecule has 2 rings (SSSR count). The summed E-state index contributed by atoms with van der Waals surface area (Å²) in [6.45, 7) is 1.26. The Kier molecular flexibility index (Phi) is 6.39. The van der Waals surface area contributed by atoms with Crippen LogP contribution in [0.4, 0.5) is 11.5 Å². The van der Waals surface area contributed by atoms with Crippen LogP contribution in [0.15, 0.2) is 36.5 Å². The van der Waals surface area contributed by atoms with Crippen LogP contribution in [-0.2, 0) is 4.74 Å². The minimum atomic E-state index is -0.252. The minimum Gasteiger partial charge on any atom is -0.493 e. The molecule has 0 atom stereocenters. The Balaban J connectivity index is 2.01. The molecule has 1 aromatic heterocycles. The smallest absolute Gasteiger partial charge is 0.255 e. The molecule has 0 spiro atoms. The van der Waals surface area contributed by atoms with Crippen molar-refractivity contribution < 1.29 is 19.0 Å². The van der Waals surface area contributed by atoms with E-state index in [1.165, 1.54) is 7.11 Å². The quantitative estimate of drug-likeness (QED) is 0.723. The van der Waals surface area contributed by atoms with Crippen LogP contribution in [0.25, 0.3) is 0 Å². The van der Waals surface area contributed by atoms with Gasteiger partial charge in [-0.3, -0.25) is 4.79 Å². The number of nitrogens with one attached hydrogen (secondary N) is 2. The lowest BCUT2D eigenvalue weighted by Crippen LogP contribution is -2.13. The van der Waals surface area contributed by atoms with Gasteiger partial charge in [0.25, 0.3) is 5.91 Å². The lowest BCUT2D eigenvalue weighted by molar-refractivity contribution is 0.102. The third-order valence-corrected chi connectivity index (χ3v) is 3.28. The van der Waals surface area contributed by atoms with Gasteiger partial charge >= 0.3 is 0 Å². The summed E-state index contributed by atoms with van der Waals surface area (Å²) in [5.74, 6) is 1.54. The summed E-state index contributed by atoms with van der Waals surface area (Å²) >= 11 is 0. The zero-order valence-electron chi connectivity index (χ0n) is 14.0. The molecule has 0 aliphatic rings. The summed E-state index contributed by atoms with van der Waals surface area (Å²) in [5.41, 5.74) is 1.07. The van der Waals surface area contributed by atoms with E-state index in [2.05, 4.69) is 15.6 Å². The highest BCUT2D eigenvalue weighted by atomic mass is 16.5. The number of methoxy groups -OCH3 is 3. The van der Waals surface area contributed by atoms with Gasteiger partial charge in [-0.25, -0.2) is 4.98 Å². The van der Waals surface area contributed by atoms with Crippen molar-refractivity contribution in [1.29, 1.82) is 0 Å². The van der Waals surface area contributed by atoms with Crippen molar-refractivity contribution >= 4 is 17.4 Å². The highest BCUT2D eigenvalue weighted by molar-refractivity contribution is 6.04. The molecule has 0 radical (unpaired) electrons. The number of amides is 1. The van der Waals surface area contributed by atoms with Gasteiger partial charge in [-0.2, -0.15) is 0 Å². The lowest BCUT2D eigenvalue weighted by Gasteiger charge is -2.10. The summed E-state index contributed by atoms with van der Waals surface area (Å²) in [7, 11) is 4.71. The van der Waals surface area contributed by atoms with Gasteiger partial charge in [0.1, 0.15) is 5.82 Å². The van der Waals surface area contributed by atoms with Gasteiger partial charge in [0.15, 0.2) is 11.5 Å². The first kappa shape index (κ1) is 17.6. The number of nitrogens with zero attached hydrogens (tertiary/aromatic N) is 1. The molecule has 7 nitrogen and oxygen atoms in total. The molecule has 0 unspecified atom stereocenters. The van der Waals surface area contributed by atoms with E-state index in [-0.39, 0.29) is 5.91 Å². The summed E-state index contributed by atoms with van der Waals surface area (Å²) in [4.78, 5) is 16.5. The van der Waals surface area contributed by atoms with Gasteiger partial charge in [0, 0.05) is 19.2 Å². The van der Waals surface area contributed by atoms with Crippen LogP contribution in [0.2, 0.25) is 0 Å². The van der Waals surface area contributed by atoms with Crippen LogP contribution in [0, 0.1) is 0 Å². The van der Waals surface area contributed by atoms with Crippen LogP contribution < -0.4 is 20.1 Å². The molecule has 0 aliphatic carbocycles. The number of pyridine rings is 1. The van der Waals surface area contributed by atoms with E-state index >= 15 is 0 Å². The van der Waals surface area contributed by atoms with E-state index in [4.69, 9.17) is 14.2 Å². The number of hydrogen-bond acceptors (Lipinski definition) is 6. The second-order valence-corrected chi connectivity index (χ2v) is 4.88. The van der Waals surface area contributed by atoms with E-state index in [0.29, 0.717) is 35.9 Å². The molecule has 1 aromatic carbocycles. The fraction of sp³-hybridized carbons (Fsp3) is 0.294. The molecular weight excluding hydrogens is 310 g/mol. The number of carbonyl (C=O) groups is 1. The van der Waals surface area contributed by atoms with Gasteiger partial charge in [-0.1, -0.05) is 0 Å². The first-order chi connectivity index (χ1) is 11.7. The zero-order chi connectivity index (χ0) is 17.4. The average Bonchev–Trinajstić information content (AvgIpc) is 2.62. The highest BCUT2D eigenvalue weighted by Gasteiger charge is 2.11. The molecule has 128 valence electrons. The summed E-state index contributed by atoms with van der Waals surface area (Å²) < 4.78 is 15.3. The molecule has 1 amide bonds. The molecule has 0 fully saturated rings. The second kappa shape index (κ2) is 8.73. The maximum absolute atomic E-state index is 12.3. The standard InChI is InChI=1S/C17H21N3O4/c1-22-9-8-18-16-7-5-13(11-19-16)20-17(21)12-4-6-14(23-2)15(10-12)24-3/h4-7,10-11H,8-9H2,1-3H3,(H,18,19)(H,20,21). The monoisotopic (exact) mass is 331 g/mol. The number of ether oxygens (including phenoxy) is 3. The molecule has 1 heterocycles. The van der Waals surface area contributed by atoms with Crippen molar-refractivity contribution in [3.63, 3.8) is 0 Å². The molecule has 0 saturated carbocycles. The van der Waals surface area contributed by atoms with Crippen LogP contribution in [-0.4, -0.2) is 45.4 Å².